The van der Waals surface area contributed by atoms with Gasteiger partial charge in [-0.3, -0.25) is 14.5 Å². The Bertz CT molecular complexity index is 1350. The Labute approximate surface area is 204 Å². The number of anilines is 1. The average molecular weight is 528 g/mol. The smallest absolute Gasteiger partial charge is 0.395 e. The molecule has 1 unspecified atom stereocenters. The van der Waals surface area contributed by atoms with E-state index >= 15 is 0 Å². The first-order valence-electron chi connectivity index (χ1n) is 10.9. The highest BCUT2D eigenvalue weighted by molar-refractivity contribution is 7.22. The Hall–Kier alpha value is -3.23. The van der Waals surface area contributed by atoms with Crippen LogP contribution < -0.4 is 20.3 Å². The number of likely N-dealkylation sites (tertiary alicyclic amines) is 1. The second kappa shape index (κ2) is 8.71. The molecule has 0 spiro atoms. The van der Waals surface area contributed by atoms with Gasteiger partial charge in [-0.2, -0.15) is 0 Å². The Kier molecular flexibility index (Phi) is 5.92. The van der Waals surface area contributed by atoms with Crippen molar-refractivity contribution in [2.24, 2.45) is 0 Å². The van der Waals surface area contributed by atoms with Gasteiger partial charge < -0.3 is 24.9 Å². The fourth-order valence-electron chi connectivity index (χ4n) is 4.30. The highest BCUT2D eigenvalue weighted by atomic mass is 32.1. The minimum absolute atomic E-state index is 0.0208. The lowest BCUT2D eigenvalue weighted by Crippen LogP contribution is -2.52. The molecule has 14 heteroatoms. The lowest BCUT2D eigenvalue weighted by atomic mass is 9.86. The summed E-state index contributed by atoms with van der Waals surface area (Å²) in [4.78, 5) is 32.8. The van der Waals surface area contributed by atoms with Crippen molar-refractivity contribution in [1.29, 1.82) is 0 Å². The number of carbonyl (C=O) groups is 1. The number of nitrogens with zero attached hydrogens (tertiary/aromatic N) is 2. The summed E-state index contributed by atoms with van der Waals surface area (Å²) in [5.74, 6) is -5.18. The molecule has 1 saturated heterocycles. The molecule has 9 nitrogen and oxygen atoms in total. The van der Waals surface area contributed by atoms with E-state index in [0.717, 1.165) is 11.3 Å². The maximum Gasteiger partial charge on any atom is 0.586 e. The molecule has 192 valence electrons. The summed E-state index contributed by atoms with van der Waals surface area (Å²) in [7, 11) is 0. The largest absolute Gasteiger partial charge is 0.586 e. The number of benzene rings is 1. The van der Waals surface area contributed by atoms with E-state index in [1.165, 1.54) is 24.4 Å². The fourth-order valence-corrected chi connectivity index (χ4v) is 5.18. The Morgan fingerprint density at radius 1 is 1.31 bits per heavy atom. The first kappa shape index (κ1) is 24.5. The van der Waals surface area contributed by atoms with Crippen LogP contribution in [0.4, 0.5) is 22.7 Å². The van der Waals surface area contributed by atoms with E-state index in [4.69, 9.17) is 0 Å². The number of hydrogen-bond acceptors (Lipinski definition) is 8. The monoisotopic (exact) mass is 528 g/mol. The Morgan fingerprint density at radius 2 is 2.03 bits per heavy atom. The minimum Gasteiger partial charge on any atom is -0.395 e. The maximum absolute atomic E-state index is 14.8. The maximum atomic E-state index is 14.8. The van der Waals surface area contributed by atoms with E-state index < -0.39 is 48.7 Å². The van der Waals surface area contributed by atoms with Crippen molar-refractivity contribution in [3.63, 3.8) is 0 Å². The molecule has 0 saturated carbocycles. The number of amides is 1. The van der Waals surface area contributed by atoms with Crippen LogP contribution in [0.2, 0.25) is 0 Å². The van der Waals surface area contributed by atoms with Crippen LogP contribution in [-0.4, -0.2) is 57.2 Å². The van der Waals surface area contributed by atoms with Crippen LogP contribution >= 0.6 is 11.3 Å². The number of halogens is 4. The number of pyridine rings is 1. The summed E-state index contributed by atoms with van der Waals surface area (Å²) < 4.78 is 65.4. The van der Waals surface area contributed by atoms with Crippen LogP contribution in [0.1, 0.15) is 30.4 Å². The van der Waals surface area contributed by atoms with Crippen molar-refractivity contribution in [2.75, 3.05) is 18.4 Å². The summed E-state index contributed by atoms with van der Waals surface area (Å²) >= 11 is 1.04. The second-order valence-corrected chi connectivity index (χ2v) is 9.65. The summed E-state index contributed by atoms with van der Waals surface area (Å²) in [6.07, 6.45) is -3.05. The lowest BCUT2D eigenvalue weighted by Gasteiger charge is -2.40. The first-order chi connectivity index (χ1) is 17.0. The molecule has 36 heavy (non-hydrogen) atoms. The van der Waals surface area contributed by atoms with Crippen LogP contribution in [0.3, 0.4) is 0 Å². The number of aliphatic hydroxyl groups excluding tert-OH is 1. The molecule has 2 atom stereocenters. The summed E-state index contributed by atoms with van der Waals surface area (Å²) in [5, 5.41) is 12.2. The van der Waals surface area contributed by atoms with Crippen molar-refractivity contribution in [3.8, 4) is 11.5 Å². The molecule has 0 radical (unpaired) electrons. The van der Waals surface area contributed by atoms with Crippen molar-refractivity contribution >= 4 is 32.6 Å². The molecular formula is C22H20F4N4O5S. The zero-order valence-corrected chi connectivity index (χ0v) is 19.5. The molecule has 2 aliphatic heterocycles. The number of fused-ring (bicyclic) bond motifs is 2. The number of aromatic nitrogens is 2. The van der Waals surface area contributed by atoms with Gasteiger partial charge in [0.15, 0.2) is 16.6 Å². The summed E-state index contributed by atoms with van der Waals surface area (Å²) in [6, 6.07) is 3.08. The predicted octanol–water partition coefficient (Wildman–Crippen LogP) is 3.25. The zero-order valence-electron chi connectivity index (χ0n) is 18.7. The van der Waals surface area contributed by atoms with E-state index in [1.54, 1.807) is 11.8 Å². The van der Waals surface area contributed by atoms with Crippen LogP contribution in [0.15, 0.2) is 29.2 Å². The number of H-pyrrole nitrogens is 1. The number of nitrogens with one attached hydrogen (secondary N) is 2. The van der Waals surface area contributed by atoms with E-state index in [-0.39, 0.29) is 40.8 Å². The van der Waals surface area contributed by atoms with Gasteiger partial charge in [0, 0.05) is 43.4 Å². The average Bonchev–Trinajstić information content (AvgIpc) is 3.33. The van der Waals surface area contributed by atoms with Gasteiger partial charge in [0.05, 0.1) is 28.8 Å². The number of hydrogen-bond donors (Lipinski definition) is 3. The topological polar surface area (TPSA) is 117 Å². The quantitative estimate of drug-likeness (QED) is 0.436. The third-order valence-electron chi connectivity index (χ3n) is 6.30. The number of thiazole rings is 1. The summed E-state index contributed by atoms with van der Waals surface area (Å²) in [5.41, 5.74) is -0.0981. The van der Waals surface area contributed by atoms with Crippen LogP contribution in [0.25, 0.3) is 10.2 Å². The van der Waals surface area contributed by atoms with Crippen LogP contribution in [0, 0.1) is 0 Å². The molecule has 3 N–H and O–H groups in total. The minimum atomic E-state index is -3.75. The molecule has 5 rings (SSSR count). The predicted molar refractivity (Wildman–Crippen MR) is 121 cm³/mol. The summed E-state index contributed by atoms with van der Waals surface area (Å²) in [6.45, 7) is 0.793. The molecular weight excluding hydrogens is 508 g/mol. The zero-order chi connectivity index (χ0) is 25.8. The third kappa shape index (κ3) is 4.51. The van der Waals surface area contributed by atoms with Crippen LogP contribution in [0.5, 0.6) is 11.5 Å². The number of carbonyl (C=O) groups excluding carboxylic acids is 1. The molecule has 1 amide bonds. The van der Waals surface area contributed by atoms with Gasteiger partial charge in [0.25, 0.3) is 11.5 Å². The lowest BCUT2D eigenvalue weighted by molar-refractivity contribution is -0.286. The molecule has 4 heterocycles. The van der Waals surface area contributed by atoms with Crippen molar-refractivity contribution in [2.45, 2.75) is 44.1 Å². The highest BCUT2D eigenvalue weighted by Gasteiger charge is 2.47. The highest BCUT2D eigenvalue weighted by Crippen LogP contribution is 2.45. The van der Waals surface area contributed by atoms with Gasteiger partial charge in [-0.15, -0.1) is 8.78 Å². The molecule has 0 bridgehead atoms. The molecule has 1 aromatic carbocycles. The normalized spacial score (nSPS) is 21.4. The number of aromatic amines is 1. The standard InChI is InChI=1S/C22H20F4N4O5S/c1-10(30-3-2-21(23,24)13(8-30)11-4-12(9-31)19(33)27-7-11)18(32)29-20-28-14-5-15-16(6-17(14)36-20)35-22(25,26)34-15/h4-7,10,13,31H,2-3,8-9H2,1H3,(H,27,33)(H,28,29,32)/t10-,13?/m0/s1. The van der Waals surface area contributed by atoms with E-state index in [9.17, 15) is 32.3 Å². The second-order valence-electron chi connectivity index (χ2n) is 8.62. The van der Waals surface area contributed by atoms with Gasteiger partial charge in [0.2, 0.25) is 5.91 Å². The van der Waals surface area contributed by atoms with E-state index in [2.05, 4.69) is 24.8 Å². The van der Waals surface area contributed by atoms with Crippen LogP contribution in [-0.2, 0) is 11.4 Å². The molecule has 2 aromatic heterocycles. The Balaban J connectivity index is 1.31. The van der Waals surface area contributed by atoms with E-state index in [0.29, 0.717) is 10.2 Å². The number of piperidine rings is 1. The number of aliphatic hydroxyl groups is 1. The van der Waals surface area contributed by atoms with Gasteiger partial charge in [-0.25, -0.2) is 13.8 Å². The fraction of sp³-hybridized carbons (Fsp3) is 0.409. The van der Waals surface area contributed by atoms with E-state index in [1.807, 2.05) is 0 Å². The van der Waals surface area contributed by atoms with Gasteiger partial charge in [-0.1, -0.05) is 11.3 Å². The first-order valence-corrected chi connectivity index (χ1v) is 11.7. The van der Waals surface area contributed by atoms with Gasteiger partial charge in [-0.05, 0) is 18.6 Å². The van der Waals surface area contributed by atoms with Crippen molar-refractivity contribution in [3.05, 3.63) is 45.9 Å². The SMILES string of the molecule is C[C@@H](C(=O)Nc1nc2cc3c(cc2s1)OC(F)(F)O3)N1CCC(F)(F)C(c2c[nH]c(=O)c(CO)c2)C1. The van der Waals surface area contributed by atoms with Crippen molar-refractivity contribution in [1.82, 2.24) is 14.9 Å². The molecule has 0 aliphatic carbocycles. The number of rotatable bonds is 5. The van der Waals surface area contributed by atoms with Gasteiger partial charge in [0.1, 0.15) is 0 Å². The molecule has 1 fully saturated rings. The number of alkyl halides is 4. The van der Waals surface area contributed by atoms with Gasteiger partial charge >= 0.3 is 6.29 Å². The van der Waals surface area contributed by atoms with Crippen molar-refractivity contribution < 1.29 is 36.9 Å². The third-order valence-corrected chi connectivity index (χ3v) is 7.24. The molecule has 3 aromatic rings. The number of ether oxygens (including phenoxy) is 2. The Morgan fingerprint density at radius 3 is 2.75 bits per heavy atom. The molecule has 2 aliphatic rings.